The number of carbonyl (C=O) groups is 1. The number of hydrogen-bond donors (Lipinski definition) is 0. The van der Waals surface area contributed by atoms with Gasteiger partial charge in [0, 0.05) is 17.7 Å². The summed E-state index contributed by atoms with van der Waals surface area (Å²) in [5.74, 6) is 0.854. The number of thioether (sulfide) groups is 1. The minimum Gasteiger partial charge on any atom is -0.497 e. The van der Waals surface area contributed by atoms with Gasteiger partial charge in [-0.05, 0) is 59.1 Å². The van der Waals surface area contributed by atoms with Crippen molar-refractivity contribution in [1.29, 1.82) is 0 Å². The van der Waals surface area contributed by atoms with Crippen molar-refractivity contribution in [3.05, 3.63) is 69.5 Å². The van der Waals surface area contributed by atoms with Crippen molar-refractivity contribution in [2.75, 3.05) is 6.61 Å². The van der Waals surface area contributed by atoms with E-state index < -0.39 is 0 Å². The molecule has 0 amide bonds. The quantitative estimate of drug-likeness (QED) is 0.598. The molecule has 1 heterocycles. The van der Waals surface area contributed by atoms with Gasteiger partial charge >= 0.3 is 0 Å². The van der Waals surface area contributed by atoms with E-state index in [4.69, 9.17) is 16.3 Å². The average Bonchev–Trinajstić information content (AvgIpc) is 2.87. The highest BCUT2D eigenvalue weighted by Gasteiger charge is 2.25. The zero-order valence-electron chi connectivity index (χ0n) is 13.1. The molecule has 0 bridgehead atoms. The molecule has 126 valence electrons. The molecule has 24 heavy (non-hydrogen) atoms. The highest BCUT2D eigenvalue weighted by molar-refractivity contribution is 8.06. The van der Waals surface area contributed by atoms with Gasteiger partial charge in [-0.15, -0.1) is 0 Å². The fourth-order valence-corrected chi connectivity index (χ4v) is 4.03. The van der Waals surface area contributed by atoms with Crippen molar-refractivity contribution in [2.45, 2.75) is 25.7 Å². The Hall–Kier alpha value is -1.52. The predicted molar refractivity (Wildman–Crippen MR) is 97.0 cm³/mol. The third-order valence-electron chi connectivity index (χ3n) is 4.11. The van der Waals surface area contributed by atoms with Crippen LogP contribution in [0, 0.1) is 5.92 Å². The fraction of sp³-hybridized carbons (Fsp3) is 0.316. The summed E-state index contributed by atoms with van der Waals surface area (Å²) >= 11 is 7.20. The molecule has 1 aliphatic heterocycles. The summed E-state index contributed by atoms with van der Waals surface area (Å²) in [6.45, 7) is 0.623. The third-order valence-corrected chi connectivity index (χ3v) is 5.37. The minimum atomic E-state index is -0.307. The van der Waals surface area contributed by atoms with Crippen LogP contribution in [0.15, 0.2) is 69.5 Å². The number of halogens is 2. The van der Waals surface area contributed by atoms with Gasteiger partial charge in [0.15, 0.2) is 0 Å². The molecule has 0 aromatic carbocycles. The maximum absolute atomic E-state index is 13.3. The van der Waals surface area contributed by atoms with Gasteiger partial charge in [0.1, 0.15) is 11.6 Å². The summed E-state index contributed by atoms with van der Waals surface area (Å²) in [5, 5.41) is -0.307. The molecule has 3 aliphatic rings. The van der Waals surface area contributed by atoms with Crippen LogP contribution in [0.2, 0.25) is 0 Å². The normalized spacial score (nSPS) is 23.4. The van der Waals surface area contributed by atoms with E-state index in [9.17, 15) is 9.18 Å². The molecule has 2 aliphatic carbocycles. The molecule has 2 nitrogen and oxygen atoms in total. The fourth-order valence-electron chi connectivity index (χ4n) is 2.92. The SMILES string of the molecule is O=C(Cl)CC1CCOC2=C1C=CC(SC1=CC=CC(F)=CC1)=CC2. The van der Waals surface area contributed by atoms with E-state index in [1.54, 1.807) is 23.9 Å². The van der Waals surface area contributed by atoms with Crippen molar-refractivity contribution in [3.63, 3.8) is 0 Å². The first-order valence-corrected chi connectivity index (χ1v) is 9.14. The lowest BCUT2D eigenvalue weighted by molar-refractivity contribution is -0.112. The lowest BCUT2D eigenvalue weighted by atomic mass is 9.89. The molecular formula is C19H18ClFO2S. The largest absolute Gasteiger partial charge is 0.497 e. The van der Waals surface area contributed by atoms with Gasteiger partial charge in [-0.25, -0.2) is 4.39 Å². The van der Waals surface area contributed by atoms with Crippen LogP contribution in [0.1, 0.15) is 25.7 Å². The van der Waals surface area contributed by atoms with Gasteiger partial charge in [-0.1, -0.05) is 36.1 Å². The van der Waals surface area contributed by atoms with Gasteiger partial charge in [-0.2, -0.15) is 0 Å². The number of ether oxygens (including phenoxy) is 1. The van der Waals surface area contributed by atoms with Crippen LogP contribution in [0.3, 0.4) is 0 Å². The summed E-state index contributed by atoms with van der Waals surface area (Å²) in [7, 11) is 0. The zero-order chi connectivity index (χ0) is 16.9. The zero-order valence-corrected chi connectivity index (χ0v) is 14.7. The molecule has 0 radical (unpaired) electrons. The maximum Gasteiger partial charge on any atom is 0.222 e. The summed E-state index contributed by atoms with van der Waals surface area (Å²) in [4.78, 5) is 13.5. The molecule has 0 saturated heterocycles. The molecule has 3 rings (SSSR count). The van der Waals surface area contributed by atoms with Crippen molar-refractivity contribution in [2.24, 2.45) is 5.92 Å². The Morgan fingerprint density at radius 3 is 3.00 bits per heavy atom. The second kappa shape index (κ2) is 8.04. The predicted octanol–water partition coefficient (Wildman–Crippen LogP) is 5.71. The van der Waals surface area contributed by atoms with Crippen LogP contribution >= 0.6 is 23.4 Å². The monoisotopic (exact) mass is 364 g/mol. The highest BCUT2D eigenvalue weighted by atomic mass is 35.5. The minimum absolute atomic E-state index is 0.129. The molecule has 0 N–H and O–H groups in total. The molecule has 0 fully saturated rings. The Morgan fingerprint density at radius 1 is 1.29 bits per heavy atom. The smallest absolute Gasteiger partial charge is 0.222 e. The van der Waals surface area contributed by atoms with E-state index in [1.165, 1.54) is 6.08 Å². The first-order chi connectivity index (χ1) is 11.6. The number of hydrogen-bond acceptors (Lipinski definition) is 3. The van der Waals surface area contributed by atoms with Gasteiger partial charge < -0.3 is 4.74 Å². The molecule has 0 spiro atoms. The highest BCUT2D eigenvalue weighted by Crippen LogP contribution is 2.37. The maximum atomic E-state index is 13.3. The Labute approximate surface area is 150 Å². The van der Waals surface area contributed by atoms with Gasteiger partial charge in [0.25, 0.3) is 0 Å². The average molecular weight is 365 g/mol. The molecule has 0 saturated carbocycles. The van der Waals surface area contributed by atoms with Gasteiger partial charge in [0.05, 0.1) is 6.61 Å². The van der Waals surface area contributed by atoms with E-state index in [-0.39, 0.29) is 17.0 Å². The number of rotatable bonds is 4. The molecule has 1 atom stereocenters. The Bertz CT molecular complexity index is 710. The standard InChI is InChI=1S/C19H18ClFO2S/c20-19(22)12-13-10-11-23-18-9-7-16(6-8-17(13)18)24-15-3-1-2-14(21)4-5-15/h1-4,6-8,13H,5,9-12H2. The first kappa shape index (κ1) is 17.3. The van der Waals surface area contributed by atoms with Crippen LogP contribution < -0.4 is 0 Å². The molecular weight excluding hydrogens is 347 g/mol. The number of allylic oxidation sites excluding steroid dienone is 10. The molecule has 1 unspecified atom stereocenters. The van der Waals surface area contributed by atoms with Crippen molar-refractivity contribution < 1.29 is 13.9 Å². The van der Waals surface area contributed by atoms with Crippen LogP contribution in [0.5, 0.6) is 0 Å². The van der Waals surface area contributed by atoms with Crippen LogP contribution in [0.4, 0.5) is 4.39 Å². The third kappa shape index (κ3) is 4.52. The molecule has 0 aromatic heterocycles. The lowest BCUT2D eigenvalue weighted by Gasteiger charge is -2.25. The van der Waals surface area contributed by atoms with Crippen LogP contribution in [0.25, 0.3) is 0 Å². The van der Waals surface area contributed by atoms with E-state index in [0.29, 0.717) is 25.9 Å². The topological polar surface area (TPSA) is 26.3 Å². The molecule has 5 heteroatoms. The number of carbonyl (C=O) groups excluding carboxylic acids is 1. The summed E-state index contributed by atoms with van der Waals surface area (Å²) in [6.07, 6.45) is 15.3. The second-order valence-electron chi connectivity index (χ2n) is 5.80. The van der Waals surface area contributed by atoms with Crippen molar-refractivity contribution in [1.82, 2.24) is 0 Å². The lowest BCUT2D eigenvalue weighted by Crippen LogP contribution is -2.17. The first-order valence-electron chi connectivity index (χ1n) is 7.95. The van der Waals surface area contributed by atoms with Crippen molar-refractivity contribution >= 4 is 28.6 Å². The van der Waals surface area contributed by atoms with Crippen LogP contribution in [-0.4, -0.2) is 11.8 Å². The van der Waals surface area contributed by atoms with E-state index in [0.717, 1.165) is 27.6 Å². The summed E-state index contributed by atoms with van der Waals surface area (Å²) in [5.41, 5.74) is 1.07. The van der Waals surface area contributed by atoms with Gasteiger partial charge in [-0.3, -0.25) is 4.79 Å². The summed E-state index contributed by atoms with van der Waals surface area (Å²) in [6, 6.07) is 0. The van der Waals surface area contributed by atoms with Crippen molar-refractivity contribution in [3.8, 4) is 0 Å². The van der Waals surface area contributed by atoms with E-state index >= 15 is 0 Å². The van der Waals surface area contributed by atoms with Crippen LogP contribution in [-0.2, 0) is 9.53 Å². The Balaban J connectivity index is 1.72. The summed E-state index contributed by atoms with van der Waals surface area (Å²) < 4.78 is 19.0. The second-order valence-corrected chi connectivity index (χ2v) is 7.42. The Morgan fingerprint density at radius 2 is 2.17 bits per heavy atom. The van der Waals surface area contributed by atoms with E-state index in [2.05, 4.69) is 6.08 Å². The van der Waals surface area contributed by atoms with Gasteiger partial charge in [0.2, 0.25) is 5.24 Å². The van der Waals surface area contributed by atoms with E-state index in [1.807, 2.05) is 18.2 Å². The Kier molecular flexibility index (Phi) is 5.80. The molecule has 0 aromatic rings.